The van der Waals surface area contributed by atoms with Gasteiger partial charge in [0.1, 0.15) is 17.6 Å². The van der Waals surface area contributed by atoms with E-state index in [0.717, 1.165) is 17.7 Å². The number of hydrogen-bond acceptors (Lipinski definition) is 6. The first-order chi connectivity index (χ1) is 15.6. The Labute approximate surface area is 185 Å². The van der Waals surface area contributed by atoms with Crippen molar-refractivity contribution in [3.8, 4) is 23.3 Å². The highest BCUT2D eigenvalue weighted by atomic mass is 19.1. The number of halogens is 1. The van der Waals surface area contributed by atoms with Crippen molar-refractivity contribution in [3.63, 3.8) is 0 Å². The lowest BCUT2D eigenvalue weighted by Crippen LogP contribution is -2.49. The number of carbonyl (C=O) groups is 1. The third-order valence-electron chi connectivity index (χ3n) is 5.25. The van der Waals surface area contributed by atoms with Crippen molar-refractivity contribution in [2.45, 2.75) is 13.3 Å². The summed E-state index contributed by atoms with van der Waals surface area (Å²) in [5.41, 5.74) is 0.997. The quantitative estimate of drug-likeness (QED) is 0.581. The van der Waals surface area contributed by atoms with Crippen molar-refractivity contribution in [1.29, 1.82) is 5.26 Å². The van der Waals surface area contributed by atoms with Crippen LogP contribution >= 0.6 is 0 Å². The topological polar surface area (TPSA) is 82.6 Å². The van der Waals surface area contributed by atoms with Gasteiger partial charge >= 0.3 is 0 Å². The molecule has 8 heteroatoms. The molecule has 0 aliphatic carbocycles. The van der Waals surface area contributed by atoms with E-state index >= 15 is 0 Å². The minimum atomic E-state index is -0.530. The first-order valence-corrected chi connectivity index (χ1v) is 10.5. The zero-order valence-electron chi connectivity index (χ0n) is 17.8. The number of ether oxygens (including phenoxy) is 1. The molecule has 0 bridgehead atoms. The molecular formula is C24H23FN4O3. The lowest BCUT2D eigenvalue weighted by atomic mass is 10.1. The SMILES string of the molecule is CCCOc1ccc(-c2nc(C#N)c(N3CCN(C(=O)c4ccccc4F)CC3)o2)cc1. The second kappa shape index (κ2) is 9.52. The van der Waals surface area contributed by atoms with Gasteiger partial charge in [0.15, 0.2) is 0 Å². The van der Waals surface area contributed by atoms with Gasteiger partial charge in [-0.15, -0.1) is 0 Å². The van der Waals surface area contributed by atoms with Gasteiger partial charge in [0, 0.05) is 31.7 Å². The van der Waals surface area contributed by atoms with Crippen LogP contribution in [0.1, 0.15) is 29.4 Å². The first kappa shape index (κ1) is 21.4. The molecule has 1 aliphatic rings. The van der Waals surface area contributed by atoms with Crippen LogP contribution in [0.15, 0.2) is 52.9 Å². The van der Waals surface area contributed by atoms with Crippen LogP contribution in [0.4, 0.5) is 10.3 Å². The number of amides is 1. The Balaban J connectivity index is 1.46. The second-order valence-corrected chi connectivity index (χ2v) is 7.42. The maximum absolute atomic E-state index is 14.0. The number of benzene rings is 2. The molecule has 1 saturated heterocycles. The number of carbonyl (C=O) groups excluding carboxylic acids is 1. The number of oxazole rings is 1. The van der Waals surface area contributed by atoms with Gasteiger partial charge in [-0.2, -0.15) is 10.2 Å². The zero-order valence-corrected chi connectivity index (χ0v) is 17.8. The average Bonchev–Trinajstić information content (AvgIpc) is 3.27. The molecule has 1 amide bonds. The molecule has 0 N–H and O–H groups in total. The van der Waals surface area contributed by atoms with Crippen molar-refractivity contribution in [1.82, 2.24) is 9.88 Å². The third kappa shape index (κ3) is 4.42. The van der Waals surface area contributed by atoms with Gasteiger partial charge in [0.2, 0.25) is 17.5 Å². The summed E-state index contributed by atoms with van der Waals surface area (Å²) in [4.78, 5) is 20.5. The Morgan fingerprint density at radius 2 is 1.88 bits per heavy atom. The number of nitrogens with zero attached hydrogens (tertiary/aromatic N) is 4. The molecule has 2 heterocycles. The molecule has 0 spiro atoms. The monoisotopic (exact) mass is 434 g/mol. The summed E-state index contributed by atoms with van der Waals surface area (Å²) in [6.07, 6.45) is 0.926. The summed E-state index contributed by atoms with van der Waals surface area (Å²) in [7, 11) is 0. The number of nitriles is 1. The Morgan fingerprint density at radius 1 is 1.16 bits per heavy atom. The van der Waals surface area contributed by atoms with Crippen LogP contribution in [0.3, 0.4) is 0 Å². The maximum Gasteiger partial charge on any atom is 0.256 e. The van der Waals surface area contributed by atoms with Crippen LogP contribution in [-0.2, 0) is 0 Å². The fraction of sp³-hybridized carbons (Fsp3) is 0.292. The number of aromatic nitrogens is 1. The molecule has 7 nitrogen and oxygen atoms in total. The van der Waals surface area contributed by atoms with Crippen molar-refractivity contribution in [2.24, 2.45) is 0 Å². The second-order valence-electron chi connectivity index (χ2n) is 7.42. The molecule has 2 aromatic carbocycles. The molecule has 0 unspecified atom stereocenters. The summed E-state index contributed by atoms with van der Waals surface area (Å²) in [6, 6.07) is 15.4. The Bertz CT molecular complexity index is 1130. The molecule has 1 aromatic heterocycles. The average molecular weight is 434 g/mol. The van der Waals surface area contributed by atoms with Crippen LogP contribution < -0.4 is 9.64 Å². The summed E-state index contributed by atoms with van der Waals surface area (Å²) in [5.74, 6) is 0.623. The van der Waals surface area contributed by atoms with Crippen LogP contribution in [0.25, 0.3) is 11.5 Å². The molecule has 4 rings (SSSR count). The van der Waals surface area contributed by atoms with E-state index in [0.29, 0.717) is 44.6 Å². The van der Waals surface area contributed by atoms with E-state index in [2.05, 4.69) is 11.1 Å². The highest BCUT2D eigenvalue weighted by Crippen LogP contribution is 2.30. The normalized spacial score (nSPS) is 13.7. The summed E-state index contributed by atoms with van der Waals surface area (Å²) in [5, 5.41) is 9.54. The van der Waals surface area contributed by atoms with Crippen LogP contribution in [-0.4, -0.2) is 48.6 Å². The zero-order chi connectivity index (χ0) is 22.5. The molecule has 0 atom stereocenters. The van der Waals surface area contributed by atoms with Crippen molar-refractivity contribution in [2.75, 3.05) is 37.7 Å². The minimum Gasteiger partial charge on any atom is -0.494 e. The third-order valence-corrected chi connectivity index (χ3v) is 5.25. The highest BCUT2D eigenvalue weighted by Gasteiger charge is 2.28. The fourth-order valence-corrected chi connectivity index (χ4v) is 3.55. The Kier molecular flexibility index (Phi) is 6.36. The van der Waals surface area contributed by atoms with Gasteiger partial charge in [-0.25, -0.2) is 4.39 Å². The van der Waals surface area contributed by atoms with E-state index in [4.69, 9.17) is 9.15 Å². The highest BCUT2D eigenvalue weighted by molar-refractivity contribution is 5.94. The van der Waals surface area contributed by atoms with Crippen molar-refractivity contribution in [3.05, 3.63) is 65.6 Å². The molecule has 3 aromatic rings. The molecule has 0 radical (unpaired) electrons. The smallest absolute Gasteiger partial charge is 0.256 e. The predicted molar refractivity (Wildman–Crippen MR) is 117 cm³/mol. The standard InChI is InChI=1S/C24H23FN4O3/c1-2-15-31-18-9-7-17(8-10-18)22-27-21(16-26)24(32-22)29-13-11-28(12-14-29)23(30)19-5-3-4-6-20(19)25/h3-10H,2,11-15H2,1H3. The van der Waals surface area contributed by atoms with Gasteiger partial charge in [0.25, 0.3) is 5.91 Å². The number of hydrogen-bond donors (Lipinski definition) is 0. The van der Waals surface area contributed by atoms with Gasteiger partial charge in [-0.05, 0) is 42.8 Å². The van der Waals surface area contributed by atoms with E-state index in [9.17, 15) is 14.4 Å². The number of piperazine rings is 1. The Hall–Kier alpha value is -3.86. The van der Waals surface area contributed by atoms with Crippen LogP contribution in [0.5, 0.6) is 5.75 Å². The molecule has 164 valence electrons. The van der Waals surface area contributed by atoms with E-state index < -0.39 is 5.82 Å². The van der Waals surface area contributed by atoms with E-state index in [1.165, 1.54) is 12.1 Å². The molecule has 0 saturated carbocycles. The van der Waals surface area contributed by atoms with Crippen LogP contribution in [0.2, 0.25) is 0 Å². The molecule has 1 fully saturated rings. The number of rotatable bonds is 6. The fourth-order valence-electron chi connectivity index (χ4n) is 3.55. The largest absolute Gasteiger partial charge is 0.494 e. The van der Waals surface area contributed by atoms with Gasteiger partial charge in [-0.1, -0.05) is 19.1 Å². The maximum atomic E-state index is 14.0. The lowest BCUT2D eigenvalue weighted by Gasteiger charge is -2.34. The summed E-state index contributed by atoms with van der Waals surface area (Å²) in [6.45, 7) is 4.36. The van der Waals surface area contributed by atoms with E-state index in [1.807, 2.05) is 36.1 Å². The Morgan fingerprint density at radius 3 is 2.53 bits per heavy atom. The molecule has 32 heavy (non-hydrogen) atoms. The van der Waals surface area contributed by atoms with Gasteiger partial charge in [0.05, 0.1) is 12.2 Å². The number of anilines is 1. The van der Waals surface area contributed by atoms with Crippen molar-refractivity contribution < 1.29 is 18.3 Å². The van der Waals surface area contributed by atoms with Crippen LogP contribution in [0, 0.1) is 17.1 Å². The molecule has 1 aliphatic heterocycles. The summed E-state index contributed by atoms with van der Waals surface area (Å²) < 4.78 is 25.5. The minimum absolute atomic E-state index is 0.0620. The van der Waals surface area contributed by atoms with E-state index in [1.54, 1.807) is 17.0 Å². The van der Waals surface area contributed by atoms with E-state index in [-0.39, 0.29) is 17.2 Å². The van der Waals surface area contributed by atoms with Gasteiger partial charge < -0.3 is 19.0 Å². The molecular weight excluding hydrogens is 411 g/mol. The first-order valence-electron chi connectivity index (χ1n) is 10.5. The lowest BCUT2D eigenvalue weighted by molar-refractivity contribution is 0.0740. The summed E-state index contributed by atoms with van der Waals surface area (Å²) >= 11 is 0. The van der Waals surface area contributed by atoms with Gasteiger partial charge in [-0.3, -0.25) is 4.79 Å². The van der Waals surface area contributed by atoms with Crippen molar-refractivity contribution >= 4 is 11.8 Å². The predicted octanol–water partition coefficient (Wildman–Crippen LogP) is 4.10.